The van der Waals surface area contributed by atoms with Gasteiger partial charge < -0.3 is 9.84 Å². The molecule has 3 heterocycles. The summed E-state index contributed by atoms with van der Waals surface area (Å²) in [5.74, 6) is 7.41. The summed E-state index contributed by atoms with van der Waals surface area (Å²) < 4.78 is 5.27. The van der Waals surface area contributed by atoms with Gasteiger partial charge >= 0.3 is 0 Å². The lowest BCUT2D eigenvalue weighted by Gasteiger charge is -2.03. The maximum absolute atomic E-state index is 5.48. The van der Waals surface area contributed by atoms with Crippen molar-refractivity contribution in [1.82, 2.24) is 15.0 Å². The molecule has 98 valence electrons. The summed E-state index contributed by atoms with van der Waals surface area (Å²) >= 11 is 3.02. The standard InChI is InChI=1S/C11H11N5OS2/c1-6-4-17-11(13-6)19-5-8-14-9(16-12)7-2-3-18-10(7)15-8/h2-4H,5,12H2,1H3,(H,14,15,16). The summed E-state index contributed by atoms with van der Waals surface area (Å²) in [4.78, 5) is 14.0. The molecular weight excluding hydrogens is 282 g/mol. The minimum absolute atomic E-state index is 0.586. The maximum Gasteiger partial charge on any atom is 0.256 e. The lowest BCUT2D eigenvalue weighted by Crippen LogP contribution is -2.10. The maximum atomic E-state index is 5.48. The lowest BCUT2D eigenvalue weighted by molar-refractivity contribution is 0.454. The molecule has 0 amide bonds. The first-order valence-electron chi connectivity index (χ1n) is 5.52. The predicted octanol–water partition coefficient (Wildman–Crippen LogP) is 2.57. The van der Waals surface area contributed by atoms with Crippen molar-refractivity contribution < 1.29 is 4.42 Å². The van der Waals surface area contributed by atoms with Crippen LogP contribution < -0.4 is 11.3 Å². The van der Waals surface area contributed by atoms with E-state index >= 15 is 0 Å². The van der Waals surface area contributed by atoms with Gasteiger partial charge in [0.1, 0.15) is 16.9 Å². The fourth-order valence-corrected chi connectivity index (χ4v) is 3.09. The minimum atomic E-state index is 0.586. The minimum Gasteiger partial charge on any atom is -0.440 e. The van der Waals surface area contributed by atoms with Crippen molar-refractivity contribution >= 4 is 39.1 Å². The molecule has 0 saturated carbocycles. The highest BCUT2D eigenvalue weighted by Crippen LogP contribution is 2.27. The van der Waals surface area contributed by atoms with Crippen LogP contribution in [0.15, 0.2) is 27.3 Å². The van der Waals surface area contributed by atoms with E-state index in [-0.39, 0.29) is 0 Å². The van der Waals surface area contributed by atoms with Gasteiger partial charge in [-0.25, -0.2) is 20.8 Å². The average Bonchev–Trinajstić information content (AvgIpc) is 3.03. The number of hydrogen-bond donors (Lipinski definition) is 2. The summed E-state index contributed by atoms with van der Waals surface area (Å²) in [5.41, 5.74) is 3.47. The number of thiophene rings is 1. The van der Waals surface area contributed by atoms with Gasteiger partial charge in [0.2, 0.25) is 0 Å². The molecule has 3 aromatic heterocycles. The monoisotopic (exact) mass is 293 g/mol. The van der Waals surface area contributed by atoms with Crippen molar-refractivity contribution in [3.05, 3.63) is 29.2 Å². The first kappa shape index (κ1) is 12.4. The Labute approximate surface area is 117 Å². The van der Waals surface area contributed by atoms with E-state index in [4.69, 9.17) is 10.3 Å². The molecule has 3 N–H and O–H groups in total. The normalized spacial score (nSPS) is 11.1. The molecule has 0 aliphatic rings. The Morgan fingerprint density at radius 1 is 1.42 bits per heavy atom. The van der Waals surface area contributed by atoms with Crippen LogP contribution >= 0.6 is 23.1 Å². The largest absolute Gasteiger partial charge is 0.440 e. The molecular formula is C11H11N5OS2. The van der Waals surface area contributed by atoms with E-state index in [2.05, 4.69) is 20.4 Å². The highest BCUT2D eigenvalue weighted by atomic mass is 32.2. The van der Waals surface area contributed by atoms with Crippen molar-refractivity contribution in [2.24, 2.45) is 5.84 Å². The number of nitrogens with zero attached hydrogens (tertiary/aromatic N) is 3. The Bertz CT molecular complexity index is 708. The fraction of sp³-hybridized carbons (Fsp3) is 0.182. The van der Waals surface area contributed by atoms with Gasteiger partial charge in [0.25, 0.3) is 5.22 Å². The van der Waals surface area contributed by atoms with Crippen LogP contribution in [0.4, 0.5) is 5.82 Å². The second-order valence-corrected chi connectivity index (χ2v) is 5.64. The molecule has 0 spiro atoms. The van der Waals surface area contributed by atoms with E-state index in [9.17, 15) is 0 Å². The number of hydrazine groups is 1. The first-order valence-corrected chi connectivity index (χ1v) is 7.38. The average molecular weight is 293 g/mol. The molecule has 0 saturated heterocycles. The molecule has 0 atom stereocenters. The van der Waals surface area contributed by atoms with Gasteiger partial charge in [-0.2, -0.15) is 0 Å². The Kier molecular flexibility index (Phi) is 3.36. The van der Waals surface area contributed by atoms with Gasteiger partial charge in [0, 0.05) is 0 Å². The third-order valence-corrected chi connectivity index (χ3v) is 4.07. The Morgan fingerprint density at radius 3 is 3.05 bits per heavy atom. The molecule has 0 unspecified atom stereocenters. The van der Waals surface area contributed by atoms with Crippen molar-refractivity contribution in [2.45, 2.75) is 17.9 Å². The number of anilines is 1. The first-order chi connectivity index (χ1) is 9.26. The van der Waals surface area contributed by atoms with E-state index in [1.54, 1.807) is 17.6 Å². The number of thioether (sulfide) groups is 1. The quantitative estimate of drug-likeness (QED) is 0.434. The number of aryl methyl sites for hydroxylation is 1. The van der Waals surface area contributed by atoms with Gasteiger partial charge in [0.05, 0.1) is 16.8 Å². The Hall–Kier alpha value is -1.64. The molecule has 0 fully saturated rings. The molecule has 8 heteroatoms. The Balaban J connectivity index is 1.84. The lowest BCUT2D eigenvalue weighted by atomic mass is 10.4. The van der Waals surface area contributed by atoms with Crippen LogP contribution in [-0.2, 0) is 5.75 Å². The van der Waals surface area contributed by atoms with Crippen molar-refractivity contribution in [2.75, 3.05) is 5.43 Å². The molecule has 0 bridgehead atoms. The van der Waals surface area contributed by atoms with Crippen LogP contribution in [-0.4, -0.2) is 15.0 Å². The van der Waals surface area contributed by atoms with E-state index in [0.29, 0.717) is 22.6 Å². The van der Waals surface area contributed by atoms with Gasteiger partial charge in [-0.1, -0.05) is 11.8 Å². The molecule has 19 heavy (non-hydrogen) atoms. The third kappa shape index (κ3) is 2.55. The SMILES string of the molecule is Cc1coc(SCc2nc(NN)c3ccsc3n2)n1. The molecule has 0 aromatic carbocycles. The molecule has 3 rings (SSSR count). The van der Waals surface area contributed by atoms with Gasteiger partial charge in [-0.3, -0.25) is 0 Å². The van der Waals surface area contributed by atoms with Crippen molar-refractivity contribution in [3.8, 4) is 0 Å². The number of aromatic nitrogens is 3. The third-order valence-electron chi connectivity index (χ3n) is 2.43. The number of nitrogens with one attached hydrogen (secondary N) is 1. The highest BCUT2D eigenvalue weighted by Gasteiger charge is 2.09. The molecule has 6 nitrogen and oxygen atoms in total. The van der Waals surface area contributed by atoms with E-state index in [1.165, 1.54) is 11.8 Å². The summed E-state index contributed by atoms with van der Waals surface area (Å²) in [5, 5.41) is 3.53. The zero-order valence-electron chi connectivity index (χ0n) is 10.1. The summed E-state index contributed by atoms with van der Waals surface area (Å²) in [7, 11) is 0. The predicted molar refractivity (Wildman–Crippen MR) is 76.0 cm³/mol. The summed E-state index contributed by atoms with van der Waals surface area (Å²) in [6.07, 6.45) is 1.62. The second kappa shape index (κ2) is 5.16. The van der Waals surface area contributed by atoms with Gasteiger partial charge in [0.15, 0.2) is 5.82 Å². The van der Waals surface area contributed by atoms with Crippen molar-refractivity contribution in [1.29, 1.82) is 0 Å². The molecule has 0 aliphatic carbocycles. The number of nitrogen functional groups attached to an aromatic ring is 1. The van der Waals surface area contributed by atoms with Gasteiger partial charge in [-0.15, -0.1) is 11.3 Å². The highest BCUT2D eigenvalue weighted by molar-refractivity contribution is 7.98. The number of fused-ring (bicyclic) bond motifs is 1. The number of rotatable bonds is 4. The zero-order chi connectivity index (χ0) is 13.2. The second-order valence-electron chi connectivity index (χ2n) is 3.82. The van der Waals surface area contributed by atoms with Crippen LogP contribution in [0.2, 0.25) is 0 Å². The van der Waals surface area contributed by atoms with Crippen LogP contribution in [0.5, 0.6) is 0 Å². The summed E-state index contributed by atoms with van der Waals surface area (Å²) in [6, 6.07) is 1.95. The van der Waals surface area contributed by atoms with E-state index in [1.807, 2.05) is 18.4 Å². The zero-order valence-corrected chi connectivity index (χ0v) is 11.7. The van der Waals surface area contributed by atoms with E-state index in [0.717, 1.165) is 15.9 Å². The number of nitrogens with two attached hydrogens (primary N) is 1. The molecule has 0 aliphatic heterocycles. The van der Waals surface area contributed by atoms with Gasteiger partial charge in [-0.05, 0) is 18.4 Å². The van der Waals surface area contributed by atoms with Crippen molar-refractivity contribution in [3.63, 3.8) is 0 Å². The molecule has 0 radical (unpaired) electrons. The van der Waals surface area contributed by atoms with Crippen LogP contribution in [0, 0.1) is 6.92 Å². The Morgan fingerprint density at radius 2 is 2.32 bits per heavy atom. The van der Waals surface area contributed by atoms with E-state index < -0.39 is 0 Å². The fourth-order valence-electron chi connectivity index (χ4n) is 1.60. The van der Waals surface area contributed by atoms with Crippen LogP contribution in [0.3, 0.4) is 0 Å². The number of hydrogen-bond acceptors (Lipinski definition) is 8. The topological polar surface area (TPSA) is 89.9 Å². The van der Waals surface area contributed by atoms with Crippen LogP contribution in [0.1, 0.15) is 11.5 Å². The van der Waals surface area contributed by atoms with Crippen LogP contribution in [0.25, 0.3) is 10.2 Å². The summed E-state index contributed by atoms with van der Waals surface area (Å²) in [6.45, 7) is 1.89. The smallest absolute Gasteiger partial charge is 0.256 e. The number of oxazole rings is 1. The molecule has 3 aromatic rings.